The summed E-state index contributed by atoms with van der Waals surface area (Å²) in [5, 5.41) is 5.29. The van der Waals surface area contributed by atoms with Crippen LogP contribution < -0.4 is 10.1 Å². The van der Waals surface area contributed by atoms with Gasteiger partial charge in [0.1, 0.15) is 12.3 Å². The summed E-state index contributed by atoms with van der Waals surface area (Å²) < 4.78 is 5.27. The predicted octanol–water partition coefficient (Wildman–Crippen LogP) is 3.63. The zero-order valence-corrected chi connectivity index (χ0v) is 17.8. The van der Waals surface area contributed by atoms with E-state index in [9.17, 15) is 14.4 Å². The summed E-state index contributed by atoms with van der Waals surface area (Å²) in [4.78, 5) is 42.3. The minimum absolute atomic E-state index is 0.284. The highest BCUT2D eigenvalue weighted by atomic mass is 32.2. The average Bonchev–Trinajstić information content (AvgIpc) is 3.45. The fourth-order valence-corrected chi connectivity index (χ4v) is 4.73. The quantitative estimate of drug-likeness (QED) is 0.547. The molecule has 1 saturated heterocycles. The number of nitrogens with zero attached hydrogens (tertiary/aromatic N) is 1. The van der Waals surface area contributed by atoms with Crippen LogP contribution in [0.5, 0.6) is 5.75 Å². The highest BCUT2D eigenvalue weighted by Gasteiger charge is 2.36. The molecule has 0 bridgehead atoms. The molecular formula is C21H19N3O4S2. The minimum Gasteiger partial charge on any atom is -0.497 e. The standard InChI is InChI=1S/C21H19N3O4S2/c1-28-14-4-5-17-16(9-14)13(11-23-17)6-7-22-19(25)12-24-20(26)18(30-21(24)27)10-15-3-2-8-29-15/h2-5,8-11,23H,6-7,12H2,1H3,(H,22,25)/b18-10-. The molecule has 3 aromatic rings. The maximum absolute atomic E-state index is 12.5. The number of hydrogen-bond donors (Lipinski definition) is 2. The van der Waals surface area contributed by atoms with Crippen molar-refractivity contribution in [2.45, 2.75) is 6.42 Å². The van der Waals surface area contributed by atoms with Gasteiger partial charge in [0.25, 0.3) is 11.1 Å². The Morgan fingerprint density at radius 2 is 2.17 bits per heavy atom. The third kappa shape index (κ3) is 4.27. The molecule has 3 heterocycles. The predicted molar refractivity (Wildman–Crippen MR) is 119 cm³/mol. The summed E-state index contributed by atoms with van der Waals surface area (Å²) in [6, 6.07) is 9.51. The average molecular weight is 442 g/mol. The Hall–Kier alpha value is -3.04. The number of imide groups is 1. The molecule has 0 unspecified atom stereocenters. The van der Waals surface area contributed by atoms with Gasteiger partial charge in [0.15, 0.2) is 0 Å². The van der Waals surface area contributed by atoms with Gasteiger partial charge in [-0.15, -0.1) is 11.3 Å². The second-order valence-electron chi connectivity index (χ2n) is 6.61. The van der Waals surface area contributed by atoms with Gasteiger partial charge < -0.3 is 15.0 Å². The number of carbonyl (C=O) groups is 3. The van der Waals surface area contributed by atoms with Gasteiger partial charge >= 0.3 is 0 Å². The van der Waals surface area contributed by atoms with Crippen LogP contribution in [0.25, 0.3) is 17.0 Å². The van der Waals surface area contributed by atoms with Crippen LogP contribution in [0.3, 0.4) is 0 Å². The normalized spacial score (nSPS) is 15.4. The first-order valence-corrected chi connectivity index (χ1v) is 10.9. The van der Waals surface area contributed by atoms with Crippen molar-refractivity contribution in [1.82, 2.24) is 15.2 Å². The van der Waals surface area contributed by atoms with Crippen molar-refractivity contribution >= 4 is 57.1 Å². The second-order valence-corrected chi connectivity index (χ2v) is 8.58. The largest absolute Gasteiger partial charge is 0.497 e. The molecule has 7 nitrogen and oxygen atoms in total. The van der Waals surface area contributed by atoms with E-state index < -0.39 is 11.1 Å². The first-order chi connectivity index (χ1) is 14.5. The highest BCUT2D eigenvalue weighted by molar-refractivity contribution is 8.18. The molecule has 1 aliphatic heterocycles. The van der Waals surface area contributed by atoms with Crippen LogP contribution in [0.15, 0.2) is 46.8 Å². The van der Waals surface area contributed by atoms with Gasteiger partial charge in [0, 0.05) is 28.5 Å². The van der Waals surface area contributed by atoms with Gasteiger partial charge in [-0.2, -0.15) is 0 Å². The Morgan fingerprint density at radius 3 is 2.93 bits per heavy atom. The van der Waals surface area contributed by atoms with Crippen molar-refractivity contribution in [2.75, 3.05) is 20.2 Å². The zero-order valence-electron chi connectivity index (χ0n) is 16.1. The second kappa shape index (κ2) is 8.76. The molecule has 9 heteroatoms. The molecule has 1 aromatic carbocycles. The molecule has 0 spiro atoms. The smallest absolute Gasteiger partial charge is 0.294 e. The van der Waals surface area contributed by atoms with Crippen LogP contribution >= 0.6 is 23.1 Å². The summed E-state index contributed by atoms with van der Waals surface area (Å²) in [6.45, 7) is 0.110. The number of amides is 3. The van der Waals surface area contributed by atoms with Crippen molar-refractivity contribution in [1.29, 1.82) is 0 Å². The lowest BCUT2D eigenvalue weighted by atomic mass is 10.1. The number of aromatic amines is 1. The molecule has 0 saturated carbocycles. The summed E-state index contributed by atoms with van der Waals surface area (Å²) in [7, 11) is 1.62. The van der Waals surface area contributed by atoms with E-state index in [4.69, 9.17) is 4.74 Å². The first kappa shape index (κ1) is 20.2. The van der Waals surface area contributed by atoms with Gasteiger partial charge in [0.2, 0.25) is 5.91 Å². The maximum atomic E-state index is 12.5. The van der Waals surface area contributed by atoms with Crippen LogP contribution in [0.4, 0.5) is 4.79 Å². The molecule has 154 valence electrons. The molecule has 4 rings (SSSR count). The number of thioether (sulfide) groups is 1. The number of benzene rings is 1. The van der Waals surface area contributed by atoms with Crippen LogP contribution in [0.2, 0.25) is 0 Å². The summed E-state index contributed by atoms with van der Waals surface area (Å²) in [5.74, 6) is -0.0354. The van der Waals surface area contributed by atoms with Gasteiger partial charge in [-0.05, 0) is 59.5 Å². The summed E-state index contributed by atoms with van der Waals surface area (Å²) in [6.07, 6.45) is 4.19. The molecule has 3 amide bonds. The molecule has 1 aliphatic rings. The number of ether oxygens (including phenoxy) is 1. The van der Waals surface area contributed by atoms with E-state index in [1.54, 1.807) is 13.2 Å². The number of thiophene rings is 1. The van der Waals surface area contributed by atoms with Crippen molar-refractivity contribution in [3.63, 3.8) is 0 Å². The van der Waals surface area contributed by atoms with E-state index in [0.717, 1.165) is 43.8 Å². The number of rotatable bonds is 7. The fraction of sp³-hybridized carbons (Fsp3) is 0.190. The number of carbonyl (C=O) groups excluding carboxylic acids is 3. The molecule has 0 radical (unpaired) electrons. The molecular weight excluding hydrogens is 422 g/mol. The van der Waals surface area contributed by atoms with E-state index in [2.05, 4.69) is 10.3 Å². The molecule has 0 aliphatic carbocycles. The van der Waals surface area contributed by atoms with Crippen molar-refractivity contribution in [3.8, 4) is 5.75 Å². The van der Waals surface area contributed by atoms with Crippen LogP contribution in [0.1, 0.15) is 10.4 Å². The Morgan fingerprint density at radius 1 is 1.30 bits per heavy atom. The Balaban J connectivity index is 1.33. The number of fused-ring (bicyclic) bond motifs is 1. The Labute approximate surface area is 181 Å². The zero-order chi connectivity index (χ0) is 21.1. The number of H-pyrrole nitrogens is 1. The van der Waals surface area contributed by atoms with Gasteiger partial charge in [-0.1, -0.05) is 6.07 Å². The third-order valence-electron chi connectivity index (χ3n) is 4.68. The molecule has 2 aromatic heterocycles. The van der Waals surface area contributed by atoms with E-state index in [0.29, 0.717) is 17.9 Å². The first-order valence-electron chi connectivity index (χ1n) is 9.24. The van der Waals surface area contributed by atoms with E-state index in [1.807, 2.05) is 41.9 Å². The molecule has 30 heavy (non-hydrogen) atoms. The third-order valence-corrected chi connectivity index (χ3v) is 6.41. The van der Waals surface area contributed by atoms with Gasteiger partial charge in [-0.25, -0.2) is 0 Å². The van der Waals surface area contributed by atoms with Gasteiger partial charge in [0.05, 0.1) is 12.0 Å². The van der Waals surface area contributed by atoms with E-state index in [1.165, 1.54) is 11.3 Å². The fourth-order valence-electron chi connectivity index (χ4n) is 3.17. The Kier molecular flexibility index (Phi) is 5.91. The van der Waals surface area contributed by atoms with Crippen molar-refractivity contribution in [2.24, 2.45) is 0 Å². The molecule has 2 N–H and O–H groups in total. The van der Waals surface area contributed by atoms with Crippen LogP contribution in [-0.4, -0.2) is 47.1 Å². The minimum atomic E-state index is -0.433. The number of aromatic nitrogens is 1. The molecule has 0 atom stereocenters. The lowest BCUT2D eigenvalue weighted by Gasteiger charge is -2.12. The number of methoxy groups -OCH3 is 1. The van der Waals surface area contributed by atoms with Gasteiger partial charge in [-0.3, -0.25) is 19.3 Å². The van der Waals surface area contributed by atoms with Crippen molar-refractivity contribution < 1.29 is 19.1 Å². The topological polar surface area (TPSA) is 91.5 Å². The Bertz CT molecular complexity index is 1130. The summed E-state index contributed by atoms with van der Waals surface area (Å²) >= 11 is 2.34. The van der Waals surface area contributed by atoms with Crippen LogP contribution in [0, 0.1) is 0 Å². The number of hydrogen-bond acceptors (Lipinski definition) is 6. The lowest BCUT2D eigenvalue weighted by molar-refractivity contribution is -0.129. The van der Waals surface area contributed by atoms with E-state index >= 15 is 0 Å². The highest BCUT2D eigenvalue weighted by Crippen LogP contribution is 2.32. The van der Waals surface area contributed by atoms with Crippen molar-refractivity contribution in [3.05, 3.63) is 57.3 Å². The molecule has 1 fully saturated rings. The lowest BCUT2D eigenvalue weighted by Crippen LogP contribution is -2.40. The maximum Gasteiger partial charge on any atom is 0.294 e. The van der Waals surface area contributed by atoms with Crippen LogP contribution in [-0.2, 0) is 16.0 Å². The van der Waals surface area contributed by atoms with E-state index in [-0.39, 0.29) is 12.5 Å². The SMILES string of the molecule is COc1ccc2[nH]cc(CCNC(=O)CN3C(=O)S/C(=C\c4cccs4)C3=O)c2c1. The monoisotopic (exact) mass is 441 g/mol. The number of nitrogens with one attached hydrogen (secondary N) is 2. The summed E-state index contributed by atoms with van der Waals surface area (Å²) in [5.41, 5.74) is 2.04.